The van der Waals surface area contributed by atoms with Gasteiger partial charge < -0.3 is 0 Å². The van der Waals surface area contributed by atoms with Crippen LogP contribution in [0.4, 0.5) is 11.4 Å². The van der Waals surface area contributed by atoms with E-state index in [1.165, 1.54) is 12.1 Å². The molecular weight excluding hydrogens is 184 g/mol. The van der Waals surface area contributed by atoms with Gasteiger partial charge in [0.25, 0.3) is 5.69 Å². The summed E-state index contributed by atoms with van der Waals surface area (Å²) >= 11 is 0. The number of nitro groups is 1. The van der Waals surface area contributed by atoms with Crippen LogP contribution in [0.2, 0.25) is 0 Å². The molecule has 2 rings (SSSR count). The highest BCUT2D eigenvalue weighted by Gasteiger charge is 2.13. The van der Waals surface area contributed by atoms with Crippen molar-refractivity contribution in [1.82, 2.24) is 5.01 Å². The summed E-state index contributed by atoms with van der Waals surface area (Å²) in [6, 6.07) is 5.98. The van der Waals surface area contributed by atoms with E-state index in [0.717, 1.165) is 13.1 Å². The molecule has 0 aliphatic carbocycles. The molecule has 0 unspecified atom stereocenters. The van der Waals surface area contributed by atoms with Crippen LogP contribution in [0.3, 0.4) is 0 Å². The summed E-state index contributed by atoms with van der Waals surface area (Å²) in [5.74, 6) is 0. The van der Waals surface area contributed by atoms with Gasteiger partial charge in [0.1, 0.15) is 0 Å². The van der Waals surface area contributed by atoms with Gasteiger partial charge in [-0.05, 0) is 12.1 Å². The SMILES string of the molecule is O=[N+]([O-])c1ccc(N=NN2CC2)cc1. The fourth-order valence-electron chi connectivity index (χ4n) is 0.890. The van der Waals surface area contributed by atoms with Crippen LogP contribution in [0.15, 0.2) is 34.6 Å². The first-order valence-electron chi connectivity index (χ1n) is 4.17. The van der Waals surface area contributed by atoms with Gasteiger partial charge in [0.15, 0.2) is 0 Å². The average molecular weight is 192 g/mol. The highest BCUT2D eigenvalue weighted by atomic mass is 16.6. The van der Waals surface area contributed by atoms with Gasteiger partial charge in [-0.2, -0.15) is 0 Å². The summed E-state index contributed by atoms with van der Waals surface area (Å²) in [7, 11) is 0. The van der Waals surface area contributed by atoms with Crippen molar-refractivity contribution in [3.63, 3.8) is 0 Å². The topological polar surface area (TPSA) is 70.9 Å². The summed E-state index contributed by atoms with van der Waals surface area (Å²) in [6.45, 7) is 1.88. The summed E-state index contributed by atoms with van der Waals surface area (Å²) in [5.41, 5.74) is 0.693. The van der Waals surface area contributed by atoms with Crippen molar-refractivity contribution in [1.29, 1.82) is 0 Å². The van der Waals surface area contributed by atoms with Gasteiger partial charge in [-0.25, -0.2) is 0 Å². The normalized spacial score (nSPS) is 14.7. The molecule has 1 aliphatic heterocycles. The smallest absolute Gasteiger partial charge is 0.269 e. The quantitative estimate of drug-likeness (QED) is 0.318. The lowest BCUT2D eigenvalue weighted by Gasteiger charge is -1.92. The second-order valence-corrected chi connectivity index (χ2v) is 2.92. The molecule has 1 heterocycles. The summed E-state index contributed by atoms with van der Waals surface area (Å²) in [5, 5.41) is 19.9. The Bertz CT molecular complexity index is 369. The van der Waals surface area contributed by atoms with Crippen LogP contribution in [0, 0.1) is 10.1 Å². The number of rotatable bonds is 3. The van der Waals surface area contributed by atoms with E-state index in [4.69, 9.17) is 0 Å². The largest absolute Gasteiger partial charge is 0.275 e. The molecule has 0 bridgehead atoms. The fraction of sp³-hybridized carbons (Fsp3) is 0.250. The zero-order chi connectivity index (χ0) is 9.97. The number of hydrogen-bond acceptors (Lipinski definition) is 4. The van der Waals surface area contributed by atoms with Gasteiger partial charge in [-0.15, -0.1) is 5.11 Å². The molecule has 1 aliphatic rings. The third-order valence-corrected chi connectivity index (χ3v) is 1.77. The van der Waals surface area contributed by atoms with Crippen LogP contribution in [-0.4, -0.2) is 23.0 Å². The molecule has 1 saturated heterocycles. The molecule has 1 aromatic rings. The van der Waals surface area contributed by atoms with E-state index in [0.29, 0.717) is 5.69 Å². The number of nitrogens with zero attached hydrogens (tertiary/aromatic N) is 4. The Morgan fingerprint density at radius 2 is 1.93 bits per heavy atom. The third kappa shape index (κ3) is 2.03. The maximum absolute atomic E-state index is 10.3. The second kappa shape index (κ2) is 3.41. The summed E-state index contributed by atoms with van der Waals surface area (Å²) in [6.07, 6.45) is 0. The van der Waals surface area contributed by atoms with Crippen molar-refractivity contribution in [3.8, 4) is 0 Å². The van der Waals surface area contributed by atoms with E-state index in [2.05, 4.69) is 10.3 Å². The first-order valence-corrected chi connectivity index (χ1v) is 4.17. The van der Waals surface area contributed by atoms with Crippen molar-refractivity contribution in [3.05, 3.63) is 34.4 Å². The standard InChI is InChI=1S/C8H8N4O2/c13-12(14)8-3-1-7(2-4-8)9-10-11-5-6-11/h1-4H,5-6H2. The zero-order valence-corrected chi connectivity index (χ0v) is 7.33. The van der Waals surface area contributed by atoms with Gasteiger partial charge in [-0.1, -0.05) is 5.22 Å². The third-order valence-electron chi connectivity index (χ3n) is 1.77. The van der Waals surface area contributed by atoms with Crippen molar-refractivity contribution >= 4 is 11.4 Å². The van der Waals surface area contributed by atoms with Gasteiger partial charge in [-0.3, -0.25) is 15.1 Å². The lowest BCUT2D eigenvalue weighted by molar-refractivity contribution is -0.384. The van der Waals surface area contributed by atoms with E-state index in [1.807, 2.05) is 0 Å². The van der Waals surface area contributed by atoms with Crippen molar-refractivity contribution in [2.24, 2.45) is 10.3 Å². The number of nitro benzene ring substituents is 1. The van der Waals surface area contributed by atoms with E-state index in [1.54, 1.807) is 17.1 Å². The van der Waals surface area contributed by atoms with Crippen LogP contribution in [0.25, 0.3) is 0 Å². The molecule has 0 spiro atoms. The molecule has 1 fully saturated rings. The Kier molecular flexibility index (Phi) is 2.10. The second-order valence-electron chi connectivity index (χ2n) is 2.92. The van der Waals surface area contributed by atoms with Crippen molar-refractivity contribution in [2.45, 2.75) is 0 Å². The average Bonchev–Trinajstić information content (AvgIpc) is 2.99. The maximum atomic E-state index is 10.3. The minimum atomic E-state index is -0.439. The Morgan fingerprint density at radius 1 is 1.29 bits per heavy atom. The Morgan fingerprint density at radius 3 is 2.43 bits per heavy atom. The Hall–Kier alpha value is -1.98. The molecule has 1 aromatic carbocycles. The molecular formula is C8H8N4O2. The van der Waals surface area contributed by atoms with Crippen LogP contribution in [0.1, 0.15) is 0 Å². The monoisotopic (exact) mass is 192 g/mol. The minimum Gasteiger partial charge on any atom is -0.275 e. The van der Waals surface area contributed by atoms with Gasteiger partial charge in [0, 0.05) is 12.1 Å². The molecule has 0 N–H and O–H groups in total. The van der Waals surface area contributed by atoms with Crippen molar-refractivity contribution < 1.29 is 4.92 Å². The number of non-ortho nitro benzene ring substituents is 1. The molecule has 0 radical (unpaired) electrons. The van der Waals surface area contributed by atoms with Gasteiger partial charge in [0.05, 0.1) is 23.7 Å². The predicted molar refractivity (Wildman–Crippen MR) is 49.2 cm³/mol. The molecule has 0 aromatic heterocycles. The van der Waals surface area contributed by atoms with E-state index >= 15 is 0 Å². The highest BCUT2D eigenvalue weighted by molar-refractivity contribution is 5.43. The maximum Gasteiger partial charge on any atom is 0.269 e. The molecule has 6 heteroatoms. The van der Waals surface area contributed by atoms with E-state index in [9.17, 15) is 10.1 Å². The molecule has 0 amide bonds. The Labute approximate surface area is 80.0 Å². The molecule has 0 atom stereocenters. The summed E-state index contributed by atoms with van der Waals surface area (Å²) < 4.78 is 0. The molecule has 72 valence electrons. The van der Waals surface area contributed by atoms with Crippen LogP contribution in [-0.2, 0) is 0 Å². The van der Waals surface area contributed by atoms with Crippen LogP contribution >= 0.6 is 0 Å². The first-order chi connectivity index (χ1) is 6.75. The number of hydrogen-bond donors (Lipinski definition) is 0. The lowest BCUT2D eigenvalue weighted by Crippen LogP contribution is -1.85. The summed E-state index contributed by atoms with van der Waals surface area (Å²) in [4.78, 5) is 9.89. The van der Waals surface area contributed by atoms with Crippen LogP contribution in [0.5, 0.6) is 0 Å². The minimum absolute atomic E-state index is 0.0654. The lowest BCUT2D eigenvalue weighted by atomic mass is 10.3. The predicted octanol–water partition coefficient (Wildman–Crippen LogP) is 1.91. The molecule has 6 nitrogen and oxygen atoms in total. The van der Waals surface area contributed by atoms with Gasteiger partial charge >= 0.3 is 0 Å². The fourth-order valence-corrected chi connectivity index (χ4v) is 0.890. The zero-order valence-electron chi connectivity index (χ0n) is 7.33. The first kappa shape index (κ1) is 8.61. The van der Waals surface area contributed by atoms with Crippen LogP contribution < -0.4 is 0 Å². The highest BCUT2D eigenvalue weighted by Crippen LogP contribution is 2.19. The van der Waals surface area contributed by atoms with E-state index < -0.39 is 4.92 Å². The molecule has 14 heavy (non-hydrogen) atoms. The number of benzene rings is 1. The molecule has 0 saturated carbocycles. The van der Waals surface area contributed by atoms with Gasteiger partial charge in [0.2, 0.25) is 0 Å². The van der Waals surface area contributed by atoms with E-state index in [-0.39, 0.29) is 5.69 Å². The van der Waals surface area contributed by atoms with Crippen molar-refractivity contribution in [2.75, 3.05) is 13.1 Å². The Balaban J connectivity index is 2.08.